The normalized spacial score (nSPS) is 19.6. The highest BCUT2D eigenvalue weighted by Gasteiger charge is 2.46. The van der Waals surface area contributed by atoms with E-state index in [-0.39, 0.29) is 31.3 Å². The number of aromatic nitrogens is 6. The summed E-state index contributed by atoms with van der Waals surface area (Å²) in [6.07, 6.45) is 0.715. The zero-order chi connectivity index (χ0) is 24.2. The predicted molar refractivity (Wildman–Crippen MR) is 121 cm³/mol. The van der Waals surface area contributed by atoms with Gasteiger partial charge in [0.1, 0.15) is 17.2 Å². The van der Waals surface area contributed by atoms with Crippen molar-refractivity contribution in [1.82, 2.24) is 34.5 Å². The van der Waals surface area contributed by atoms with Crippen LogP contribution in [0.15, 0.2) is 24.4 Å². The summed E-state index contributed by atoms with van der Waals surface area (Å²) < 4.78 is 52.7. The number of methoxy groups -OCH3 is 1. The van der Waals surface area contributed by atoms with Crippen molar-refractivity contribution in [2.45, 2.75) is 37.9 Å². The van der Waals surface area contributed by atoms with Gasteiger partial charge in [-0.1, -0.05) is 11.3 Å². The lowest BCUT2D eigenvalue weighted by molar-refractivity contribution is -0.0764. The van der Waals surface area contributed by atoms with Gasteiger partial charge in [-0.3, -0.25) is 0 Å². The van der Waals surface area contributed by atoms with Crippen molar-refractivity contribution in [2.75, 3.05) is 33.0 Å². The number of likely N-dealkylation sites (tertiary alicyclic amines) is 1. The first kappa shape index (κ1) is 22.4. The summed E-state index contributed by atoms with van der Waals surface area (Å²) in [4.78, 5) is 5.79. The summed E-state index contributed by atoms with van der Waals surface area (Å²) in [5.74, 6) is -3.87. The molecule has 1 aliphatic rings. The smallest absolute Gasteiger partial charge is 0.267 e. The largest absolute Gasteiger partial charge is 0.479 e. The molecule has 0 amide bonds. The lowest BCUT2D eigenvalue weighted by Crippen LogP contribution is -2.45. The van der Waals surface area contributed by atoms with Gasteiger partial charge >= 0.3 is 0 Å². The number of halogens is 3. The highest BCUT2D eigenvalue weighted by Crippen LogP contribution is 2.47. The summed E-state index contributed by atoms with van der Waals surface area (Å²) in [7, 11) is 3.12. The van der Waals surface area contributed by atoms with Crippen molar-refractivity contribution in [3.8, 4) is 17.0 Å². The van der Waals surface area contributed by atoms with E-state index in [4.69, 9.17) is 10.5 Å². The van der Waals surface area contributed by atoms with Crippen LogP contribution in [0.1, 0.15) is 24.8 Å². The summed E-state index contributed by atoms with van der Waals surface area (Å²) in [6.45, 7) is 1.64. The Kier molecular flexibility index (Phi) is 5.34. The minimum absolute atomic E-state index is 0.0271. The van der Waals surface area contributed by atoms with Crippen LogP contribution in [-0.4, -0.2) is 73.8 Å². The molecule has 1 saturated heterocycles. The number of ether oxygens (including phenoxy) is 1. The van der Waals surface area contributed by atoms with E-state index in [0.717, 1.165) is 0 Å². The van der Waals surface area contributed by atoms with Crippen molar-refractivity contribution in [3.63, 3.8) is 0 Å². The number of hydrogen-bond acceptors (Lipinski definition) is 7. The van der Waals surface area contributed by atoms with Crippen molar-refractivity contribution in [1.29, 1.82) is 0 Å². The molecule has 1 aliphatic heterocycles. The maximum absolute atomic E-state index is 15.3. The van der Waals surface area contributed by atoms with Crippen LogP contribution in [-0.2, 0) is 6.54 Å². The fraction of sp³-hybridized carbons (Fsp3) is 0.455. The number of nitrogens with two attached hydrogens (primary N) is 1. The monoisotopic (exact) mass is 474 g/mol. The number of alkyl halides is 3. The first-order valence-corrected chi connectivity index (χ1v) is 10.9. The third-order valence-corrected chi connectivity index (χ3v) is 6.23. The molecule has 0 aliphatic carbocycles. The molecule has 0 unspecified atom stereocenters. The summed E-state index contributed by atoms with van der Waals surface area (Å²) in [5, 5.41) is 12.4. The third kappa shape index (κ3) is 3.71. The number of fused-ring (bicyclic) bond motifs is 2. The van der Waals surface area contributed by atoms with E-state index in [2.05, 4.69) is 20.4 Å². The number of hydrogen-bond donors (Lipinski definition) is 1. The first-order chi connectivity index (χ1) is 16.2. The Morgan fingerprint density at radius 2 is 2.12 bits per heavy atom. The van der Waals surface area contributed by atoms with Crippen LogP contribution in [0.25, 0.3) is 27.7 Å². The standard InChI is InChI=1S/C22H25F3N8O/c1-12(23)9-32-17-8-13(4-5-16(17)28-30-32)18-14(15-6-7-31(2)11-22(15,24)25)10-33-19(18)20(34-3)27-21(26)29-33/h4-5,8,10,12,15H,6-7,9,11H2,1-3H3,(H2,26,29)/t12-,15+/m0/s1. The minimum atomic E-state index is -2.96. The molecule has 34 heavy (non-hydrogen) atoms. The van der Waals surface area contributed by atoms with E-state index < -0.39 is 18.0 Å². The number of piperidine rings is 1. The molecule has 1 fully saturated rings. The molecular weight excluding hydrogens is 449 g/mol. The molecule has 12 heteroatoms. The van der Waals surface area contributed by atoms with Gasteiger partial charge < -0.3 is 15.4 Å². The van der Waals surface area contributed by atoms with Crippen molar-refractivity contribution < 1.29 is 17.9 Å². The molecule has 0 radical (unpaired) electrons. The van der Waals surface area contributed by atoms with Crippen LogP contribution >= 0.6 is 0 Å². The van der Waals surface area contributed by atoms with E-state index in [9.17, 15) is 4.39 Å². The molecule has 5 rings (SSSR count). The maximum Gasteiger partial charge on any atom is 0.267 e. The molecule has 3 aromatic heterocycles. The average molecular weight is 474 g/mol. The van der Waals surface area contributed by atoms with Gasteiger partial charge in [0.2, 0.25) is 11.8 Å². The van der Waals surface area contributed by atoms with Gasteiger partial charge in [-0.25, -0.2) is 22.4 Å². The topological polar surface area (TPSA) is 99.4 Å². The van der Waals surface area contributed by atoms with Gasteiger partial charge in [0.25, 0.3) is 5.92 Å². The molecule has 2 N–H and O–H groups in total. The second-order valence-electron chi connectivity index (χ2n) is 8.83. The lowest BCUT2D eigenvalue weighted by Gasteiger charge is -2.36. The quantitative estimate of drug-likeness (QED) is 0.474. The molecule has 0 saturated carbocycles. The molecule has 2 atom stereocenters. The van der Waals surface area contributed by atoms with Crippen LogP contribution in [0.5, 0.6) is 5.88 Å². The third-order valence-electron chi connectivity index (χ3n) is 6.23. The Morgan fingerprint density at radius 3 is 2.82 bits per heavy atom. The Hall–Kier alpha value is -3.41. The SMILES string of the molecule is COc1nc(N)nn2cc([C@H]3CCN(C)CC3(F)F)c(-c3ccc4nnn(C[C@H](C)F)c4c3)c12. The number of nitrogen functional groups attached to an aromatic ring is 1. The molecule has 9 nitrogen and oxygen atoms in total. The zero-order valence-electron chi connectivity index (χ0n) is 19.0. The van der Waals surface area contributed by atoms with Gasteiger partial charge in [-0.2, -0.15) is 4.98 Å². The Labute approximate surface area is 193 Å². The molecular formula is C22H25F3N8O. The Bertz CT molecular complexity index is 1370. The molecule has 4 heterocycles. The van der Waals surface area contributed by atoms with E-state index in [0.29, 0.717) is 39.8 Å². The molecule has 4 aromatic rings. The summed E-state index contributed by atoms with van der Waals surface area (Å²) in [5.41, 5.74) is 9.01. The van der Waals surface area contributed by atoms with E-state index in [1.165, 1.54) is 23.2 Å². The second-order valence-corrected chi connectivity index (χ2v) is 8.83. The highest BCUT2D eigenvalue weighted by atomic mass is 19.3. The zero-order valence-corrected chi connectivity index (χ0v) is 19.0. The number of benzene rings is 1. The Balaban J connectivity index is 1.78. The van der Waals surface area contributed by atoms with Crippen molar-refractivity contribution in [2.24, 2.45) is 0 Å². The fourth-order valence-corrected chi connectivity index (χ4v) is 4.78. The van der Waals surface area contributed by atoms with E-state index >= 15 is 8.78 Å². The summed E-state index contributed by atoms with van der Waals surface area (Å²) in [6, 6.07) is 5.29. The molecule has 1 aromatic carbocycles. The Morgan fingerprint density at radius 1 is 1.32 bits per heavy atom. The van der Waals surface area contributed by atoms with E-state index in [1.54, 1.807) is 36.3 Å². The van der Waals surface area contributed by atoms with Crippen LogP contribution < -0.4 is 10.5 Å². The molecule has 180 valence electrons. The highest BCUT2D eigenvalue weighted by molar-refractivity contribution is 5.91. The number of rotatable bonds is 5. The maximum atomic E-state index is 15.3. The van der Waals surface area contributed by atoms with Crippen LogP contribution in [0.2, 0.25) is 0 Å². The van der Waals surface area contributed by atoms with Gasteiger partial charge in [0, 0.05) is 11.8 Å². The van der Waals surface area contributed by atoms with Gasteiger partial charge in [0.05, 0.1) is 31.6 Å². The van der Waals surface area contributed by atoms with Crippen LogP contribution in [0, 0.1) is 0 Å². The number of nitrogens with zero attached hydrogens (tertiary/aromatic N) is 7. The van der Waals surface area contributed by atoms with Crippen LogP contribution in [0.4, 0.5) is 19.1 Å². The first-order valence-electron chi connectivity index (χ1n) is 10.9. The fourth-order valence-electron chi connectivity index (χ4n) is 4.78. The van der Waals surface area contributed by atoms with Gasteiger partial charge in [0.15, 0.2) is 0 Å². The minimum Gasteiger partial charge on any atom is -0.479 e. The second kappa shape index (κ2) is 8.12. The van der Waals surface area contributed by atoms with Crippen molar-refractivity contribution in [3.05, 3.63) is 30.0 Å². The molecule has 0 spiro atoms. The molecule has 0 bridgehead atoms. The van der Waals surface area contributed by atoms with Gasteiger partial charge in [-0.15, -0.1) is 10.2 Å². The summed E-state index contributed by atoms with van der Waals surface area (Å²) >= 11 is 0. The average Bonchev–Trinajstić information content (AvgIpc) is 3.32. The van der Waals surface area contributed by atoms with Crippen LogP contribution in [0.3, 0.4) is 0 Å². The number of anilines is 1. The van der Waals surface area contributed by atoms with Crippen molar-refractivity contribution >= 4 is 22.5 Å². The predicted octanol–water partition coefficient (Wildman–Crippen LogP) is 3.14. The van der Waals surface area contributed by atoms with Gasteiger partial charge in [-0.05, 0) is 50.2 Å². The lowest BCUT2D eigenvalue weighted by atomic mass is 9.84. The van der Waals surface area contributed by atoms with E-state index in [1.807, 2.05) is 0 Å².